The fourth-order valence-electron chi connectivity index (χ4n) is 4.35. The number of carbonyl (C=O) groups is 1. The molecule has 0 bridgehead atoms. The number of fused-ring (bicyclic) bond motifs is 1. The van der Waals surface area contributed by atoms with Crippen LogP contribution in [0.25, 0.3) is 11.0 Å². The molecular weight excluding hydrogens is 359 g/mol. The molecule has 1 aromatic heterocycles. The number of para-hydroxylation sites is 1. The summed E-state index contributed by atoms with van der Waals surface area (Å²) in [4.78, 5) is 21.4. The molecule has 1 amide bonds. The van der Waals surface area contributed by atoms with Crippen LogP contribution in [0.5, 0.6) is 0 Å². The van der Waals surface area contributed by atoms with E-state index in [-0.39, 0.29) is 17.8 Å². The number of halogens is 1. The lowest BCUT2D eigenvalue weighted by molar-refractivity contribution is -0.131. The van der Waals surface area contributed by atoms with E-state index in [0.29, 0.717) is 31.7 Å². The molecule has 1 atom stereocenters. The van der Waals surface area contributed by atoms with Crippen LogP contribution in [0.4, 0.5) is 4.39 Å². The monoisotopic (exact) mass is 388 g/mol. The molecule has 152 valence electrons. The van der Waals surface area contributed by atoms with Gasteiger partial charge in [-0.15, -0.1) is 0 Å². The van der Waals surface area contributed by atoms with Crippen molar-refractivity contribution < 1.29 is 13.9 Å². The SMILES string of the molecule is CCn1c(CN(CC(=O)N2CCCC2)C[C@H]2CCCO2)nc2c(F)cccc21. The average molecular weight is 388 g/mol. The second-order valence-electron chi connectivity index (χ2n) is 7.77. The standard InChI is InChI=1S/C21H29FN4O2/c1-2-26-18-9-5-8-17(22)21(18)23-19(26)14-24(13-16-7-6-12-28-16)15-20(27)25-10-3-4-11-25/h5,8-9,16H,2-4,6-7,10-15H2,1H3/t16-/m1/s1. The number of nitrogens with zero attached hydrogens (tertiary/aromatic N) is 4. The van der Waals surface area contributed by atoms with E-state index < -0.39 is 0 Å². The molecule has 6 nitrogen and oxygen atoms in total. The van der Waals surface area contributed by atoms with Crippen LogP contribution < -0.4 is 0 Å². The van der Waals surface area contributed by atoms with Gasteiger partial charge in [-0.2, -0.15) is 0 Å². The predicted octanol–water partition coefficient (Wildman–Crippen LogP) is 2.80. The van der Waals surface area contributed by atoms with Crippen LogP contribution in [0.15, 0.2) is 18.2 Å². The molecule has 2 fully saturated rings. The van der Waals surface area contributed by atoms with Gasteiger partial charge in [0.25, 0.3) is 0 Å². The number of amides is 1. The first kappa shape index (κ1) is 19.3. The normalized spacial score (nSPS) is 20.0. The van der Waals surface area contributed by atoms with Crippen LogP contribution in [-0.2, 0) is 22.6 Å². The number of benzene rings is 1. The second-order valence-corrected chi connectivity index (χ2v) is 7.77. The van der Waals surface area contributed by atoms with Gasteiger partial charge in [-0.05, 0) is 44.7 Å². The van der Waals surface area contributed by atoms with Gasteiger partial charge in [0.05, 0.1) is 24.7 Å². The molecular formula is C21H29FN4O2. The lowest BCUT2D eigenvalue weighted by Gasteiger charge is -2.26. The minimum Gasteiger partial charge on any atom is -0.377 e. The van der Waals surface area contributed by atoms with Crippen LogP contribution in [-0.4, -0.2) is 64.1 Å². The molecule has 0 N–H and O–H groups in total. The predicted molar refractivity (Wildman–Crippen MR) is 105 cm³/mol. The number of imidazole rings is 1. The van der Waals surface area contributed by atoms with Crippen LogP contribution in [0.2, 0.25) is 0 Å². The van der Waals surface area contributed by atoms with Gasteiger partial charge < -0.3 is 14.2 Å². The van der Waals surface area contributed by atoms with E-state index in [4.69, 9.17) is 4.74 Å². The summed E-state index contributed by atoms with van der Waals surface area (Å²) in [6.07, 6.45) is 4.41. The van der Waals surface area contributed by atoms with Crippen molar-refractivity contribution in [1.82, 2.24) is 19.4 Å². The van der Waals surface area contributed by atoms with Crippen molar-refractivity contribution in [3.05, 3.63) is 29.8 Å². The van der Waals surface area contributed by atoms with E-state index in [0.717, 1.165) is 56.7 Å². The zero-order valence-corrected chi connectivity index (χ0v) is 16.6. The molecule has 7 heteroatoms. The van der Waals surface area contributed by atoms with Crippen molar-refractivity contribution in [2.24, 2.45) is 0 Å². The molecule has 0 saturated carbocycles. The number of hydrogen-bond donors (Lipinski definition) is 0. The van der Waals surface area contributed by atoms with E-state index >= 15 is 0 Å². The smallest absolute Gasteiger partial charge is 0.236 e. The summed E-state index contributed by atoms with van der Waals surface area (Å²) in [5.41, 5.74) is 1.21. The highest BCUT2D eigenvalue weighted by Crippen LogP contribution is 2.21. The molecule has 0 radical (unpaired) electrons. The van der Waals surface area contributed by atoms with Gasteiger partial charge in [-0.3, -0.25) is 9.69 Å². The van der Waals surface area contributed by atoms with E-state index in [1.165, 1.54) is 6.07 Å². The molecule has 0 unspecified atom stereocenters. The molecule has 0 aliphatic carbocycles. The maximum absolute atomic E-state index is 14.2. The number of carbonyl (C=O) groups excluding carboxylic acids is 1. The van der Waals surface area contributed by atoms with Crippen LogP contribution in [0, 0.1) is 5.82 Å². The Balaban J connectivity index is 1.56. The highest BCUT2D eigenvalue weighted by molar-refractivity contribution is 5.78. The molecule has 1 aromatic carbocycles. The Morgan fingerprint density at radius 2 is 2.14 bits per heavy atom. The number of likely N-dealkylation sites (tertiary alicyclic amines) is 1. The number of hydrogen-bond acceptors (Lipinski definition) is 4. The van der Waals surface area contributed by atoms with E-state index in [1.54, 1.807) is 6.07 Å². The molecule has 4 rings (SSSR count). The topological polar surface area (TPSA) is 50.6 Å². The van der Waals surface area contributed by atoms with Crippen LogP contribution >= 0.6 is 0 Å². The third kappa shape index (κ3) is 4.05. The Morgan fingerprint density at radius 3 is 2.86 bits per heavy atom. The van der Waals surface area contributed by atoms with Gasteiger partial charge in [0.2, 0.25) is 5.91 Å². The first-order valence-corrected chi connectivity index (χ1v) is 10.4. The Labute approximate surface area is 165 Å². The molecule has 28 heavy (non-hydrogen) atoms. The zero-order chi connectivity index (χ0) is 19.5. The van der Waals surface area contributed by atoms with E-state index in [1.807, 2.05) is 22.5 Å². The van der Waals surface area contributed by atoms with Crippen LogP contribution in [0.3, 0.4) is 0 Å². The first-order chi connectivity index (χ1) is 13.7. The van der Waals surface area contributed by atoms with Crippen molar-refractivity contribution in [3.63, 3.8) is 0 Å². The minimum atomic E-state index is -0.301. The van der Waals surface area contributed by atoms with E-state index in [9.17, 15) is 9.18 Å². The Hall–Kier alpha value is -1.99. The average Bonchev–Trinajstić information content (AvgIpc) is 3.43. The minimum absolute atomic E-state index is 0.155. The van der Waals surface area contributed by atoms with E-state index in [2.05, 4.69) is 9.88 Å². The summed E-state index contributed by atoms with van der Waals surface area (Å²) >= 11 is 0. The number of ether oxygens (including phenoxy) is 1. The zero-order valence-electron chi connectivity index (χ0n) is 16.6. The fraction of sp³-hybridized carbons (Fsp3) is 0.619. The van der Waals surface area contributed by atoms with Crippen molar-refractivity contribution in [2.45, 2.75) is 51.8 Å². The van der Waals surface area contributed by atoms with Crippen molar-refractivity contribution in [2.75, 3.05) is 32.8 Å². The van der Waals surface area contributed by atoms with Gasteiger partial charge in [-0.25, -0.2) is 9.37 Å². The third-order valence-electron chi connectivity index (χ3n) is 5.79. The van der Waals surface area contributed by atoms with Gasteiger partial charge in [0, 0.05) is 32.8 Å². The summed E-state index contributed by atoms with van der Waals surface area (Å²) in [6.45, 7) is 6.82. The van der Waals surface area contributed by atoms with Crippen LogP contribution in [0.1, 0.15) is 38.4 Å². The summed E-state index contributed by atoms with van der Waals surface area (Å²) in [5.74, 6) is 0.667. The molecule has 0 spiro atoms. The van der Waals surface area contributed by atoms with Gasteiger partial charge in [-0.1, -0.05) is 6.07 Å². The lowest BCUT2D eigenvalue weighted by atomic mass is 10.2. The first-order valence-electron chi connectivity index (χ1n) is 10.4. The van der Waals surface area contributed by atoms with Crippen molar-refractivity contribution in [1.29, 1.82) is 0 Å². The second kappa shape index (κ2) is 8.57. The summed E-state index contributed by atoms with van der Waals surface area (Å²) in [6, 6.07) is 5.06. The van der Waals surface area contributed by atoms with Crippen molar-refractivity contribution >= 4 is 16.9 Å². The molecule has 2 aromatic rings. The maximum atomic E-state index is 14.2. The largest absolute Gasteiger partial charge is 0.377 e. The third-order valence-corrected chi connectivity index (χ3v) is 5.79. The number of aryl methyl sites for hydroxylation is 1. The summed E-state index contributed by atoms with van der Waals surface area (Å²) in [7, 11) is 0. The number of rotatable bonds is 7. The molecule has 2 saturated heterocycles. The number of aromatic nitrogens is 2. The fourth-order valence-corrected chi connectivity index (χ4v) is 4.35. The van der Waals surface area contributed by atoms with Gasteiger partial charge in [0.1, 0.15) is 11.3 Å². The molecule has 2 aliphatic heterocycles. The maximum Gasteiger partial charge on any atom is 0.236 e. The molecule has 2 aliphatic rings. The van der Waals surface area contributed by atoms with Crippen molar-refractivity contribution in [3.8, 4) is 0 Å². The summed E-state index contributed by atoms with van der Waals surface area (Å²) < 4.78 is 22.1. The lowest BCUT2D eigenvalue weighted by Crippen LogP contribution is -2.42. The highest BCUT2D eigenvalue weighted by atomic mass is 19.1. The highest BCUT2D eigenvalue weighted by Gasteiger charge is 2.26. The quantitative estimate of drug-likeness (QED) is 0.732. The summed E-state index contributed by atoms with van der Waals surface area (Å²) in [5, 5.41) is 0. The molecule has 3 heterocycles. The van der Waals surface area contributed by atoms with Gasteiger partial charge >= 0.3 is 0 Å². The Morgan fingerprint density at radius 1 is 1.32 bits per heavy atom. The van der Waals surface area contributed by atoms with Gasteiger partial charge in [0.15, 0.2) is 5.82 Å². The Kier molecular flexibility index (Phi) is 5.92. The Bertz CT molecular complexity index is 825.